The van der Waals surface area contributed by atoms with Gasteiger partial charge in [-0.25, -0.2) is 4.98 Å². The van der Waals surface area contributed by atoms with Gasteiger partial charge in [-0.2, -0.15) is 31.5 Å². The van der Waals surface area contributed by atoms with Crippen LogP contribution >= 0.6 is 0 Å². The molecule has 0 unspecified atom stereocenters. The minimum atomic E-state index is -4.97. The summed E-state index contributed by atoms with van der Waals surface area (Å²) in [5.74, 6) is 1.02. The summed E-state index contributed by atoms with van der Waals surface area (Å²) < 4.78 is 81.8. The number of nitrogens with zero attached hydrogens (tertiary/aromatic N) is 7. The van der Waals surface area contributed by atoms with Gasteiger partial charge in [-0.1, -0.05) is 17.9 Å². The minimum Gasteiger partial charge on any atom is -0.370 e. The topological polar surface area (TPSA) is 85.7 Å². The molecule has 2 heterocycles. The van der Waals surface area contributed by atoms with E-state index in [0.29, 0.717) is 30.4 Å². The van der Waals surface area contributed by atoms with Gasteiger partial charge in [0.05, 0.1) is 30.1 Å². The molecule has 1 aliphatic heterocycles. The molecule has 1 aliphatic carbocycles. The van der Waals surface area contributed by atoms with Crippen molar-refractivity contribution in [3.8, 4) is 0 Å². The van der Waals surface area contributed by atoms with Crippen molar-refractivity contribution < 1.29 is 26.3 Å². The summed E-state index contributed by atoms with van der Waals surface area (Å²) in [5, 5.41) is 11.0. The van der Waals surface area contributed by atoms with Gasteiger partial charge in [0.15, 0.2) is 0 Å². The third kappa shape index (κ3) is 8.75. The van der Waals surface area contributed by atoms with Crippen LogP contribution < -0.4 is 15.5 Å². The fraction of sp³-hybridized carbons (Fsp3) is 0.600. The van der Waals surface area contributed by atoms with Crippen molar-refractivity contribution in [2.45, 2.75) is 77.3 Å². The monoisotopic (exact) mass is 626 g/mol. The summed E-state index contributed by atoms with van der Waals surface area (Å²) in [6.07, 6.45) is -0.252. The number of alkyl halides is 6. The fourth-order valence-electron chi connectivity index (χ4n) is 5.99. The van der Waals surface area contributed by atoms with Crippen molar-refractivity contribution in [1.29, 1.82) is 0 Å². The van der Waals surface area contributed by atoms with Crippen LogP contribution in [0, 0.1) is 5.92 Å². The number of hydrogen-bond donors (Lipinski definition) is 1. The molecule has 1 aromatic carbocycles. The van der Waals surface area contributed by atoms with E-state index in [-0.39, 0.29) is 30.7 Å². The first kappa shape index (κ1) is 33.3. The first-order chi connectivity index (χ1) is 20.9. The number of piperidine rings is 1. The predicted molar refractivity (Wildman–Crippen MR) is 158 cm³/mol. The van der Waals surface area contributed by atoms with E-state index < -0.39 is 23.5 Å². The number of nitrogens with two attached hydrogens (primary N) is 1. The highest BCUT2D eigenvalue weighted by molar-refractivity contribution is 5.78. The maximum absolute atomic E-state index is 13.6. The smallest absolute Gasteiger partial charge is 0.370 e. The minimum absolute atomic E-state index is 0.0251. The molecule has 2 aromatic rings. The lowest BCUT2D eigenvalue weighted by molar-refractivity contribution is -0.143. The second kappa shape index (κ2) is 14.5. The number of rotatable bonds is 10. The lowest BCUT2D eigenvalue weighted by atomic mass is 10.0. The molecule has 1 saturated carbocycles. The van der Waals surface area contributed by atoms with Gasteiger partial charge < -0.3 is 20.4 Å². The Kier molecular flexibility index (Phi) is 11.0. The van der Waals surface area contributed by atoms with Gasteiger partial charge >= 0.3 is 12.4 Å². The maximum Gasteiger partial charge on any atom is 0.416 e. The quantitative estimate of drug-likeness (QED) is 0.0974. The molecule has 8 nitrogen and oxygen atoms in total. The van der Waals surface area contributed by atoms with Crippen LogP contribution in [0.1, 0.15) is 74.1 Å². The first-order valence-electron chi connectivity index (χ1n) is 15.0. The van der Waals surface area contributed by atoms with Crippen LogP contribution in [-0.4, -0.2) is 49.1 Å². The normalized spacial score (nSPS) is 17.1. The molecule has 14 heteroatoms. The Bertz CT molecular complexity index is 1270. The number of halogens is 6. The third-order valence-electron chi connectivity index (χ3n) is 8.23. The fourth-order valence-corrected chi connectivity index (χ4v) is 5.99. The van der Waals surface area contributed by atoms with Gasteiger partial charge in [0.25, 0.3) is 0 Å². The number of anilines is 2. The van der Waals surface area contributed by atoms with E-state index >= 15 is 0 Å². The van der Waals surface area contributed by atoms with Crippen LogP contribution in [-0.2, 0) is 25.4 Å². The molecule has 242 valence electrons. The molecule has 0 amide bonds. The van der Waals surface area contributed by atoms with Crippen molar-refractivity contribution in [3.63, 3.8) is 0 Å². The zero-order valence-corrected chi connectivity index (χ0v) is 25.1. The molecule has 2 fully saturated rings. The summed E-state index contributed by atoms with van der Waals surface area (Å²) in [7, 11) is 1.37. The molecule has 44 heavy (non-hydrogen) atoms. The highest BCUT2D eigenvalue weighted by Crippen LogP contribution is 2.37. The lowest BCUT2D eigenvalue weighted by Gasteiger charge is -2.33. The molecule has 2 N–H and O–H groups in total. The molecule has 0 bridgehead atoms. The zero-order valence-electron chi connectivity index (χ0n) is 25.1. The van der Waals surface area contributed by atoms with Crippen LogP contribution in [0.2, 0.25) is 0 Å². The SMILES string of the molecule is CCN(CC1CCCC1)c1ncc(N2CCCCC2)cc1CN(Cc1cc(C(F)(F)F)cc(C(F)(F)F)c1)C(N)=NN=NC. The van der Waals surface area contributed by atoms with E-state index in [1.807, 2.05) is 19.2 Å². The van der Waals surface area contributed by atoms with Gasteiger partial charge in [-0.05, 0) is 80.0 Å². The summed E-state index contributed by atoms with van der Waals surface area (Å²) in [6.45, 7) is 4.89. The second-order valence-electron chi connectivity index (χ2n) is 11.4. The van der Waals surface area contributed by atoms with E-state index in [4.69, 9.17) is 10.7 Å². The van der Waals surface area contributed by atoms with E-state index in [2.05, 4.69) is 25.2 Å². The van der Waals surface area contributed by atoms with Gasteiger partial charge in [-0.15, -0.1) is 0 Å². The molecule has 1 aromatic heterocycles. The molecular formula is C30H40F6N8. The summed E-state index contributed by atoms with van der Waals surface area (Å²) >= 11 is 0. The molecular weight excluding hydrogens is 586 g/mol. The summed E-state index contributed by atoms with van der Waals surface area (Å²) in [4.78, 5) is 10.7. The summed E-state index contributed by atoms with van der Waals surface area (Å²) in [6, 6.07) is 3.53. The van der Waals surface area contributed by atoms with Crippen molar-refractivity contribution in [2.75, 3.05) is 43.0 Å². The lowest BCUT2D eigenvalue weighted by Crippen LogP contribution is -2.38. The number of hydrogen-bond acceptors (Lipinski definition) is 5. The van der Waals surface area contributed by atoms with Gasteiger partial charge in [-0.3, -0.25) is 0 Å². The van der Waals surface area contributed by atoms with E-state index in [1.54, 1.807) is 0 Å². The largest absolute Gasteiger partial charge is 0.416 e. The Labute approximate surface area is 254 Å². The first-order valence-corrected chi connectivity index (χ1v) is 15.0. The molecule has 1 saturated heterocycles. The Morgan fingerprint density at radius 1 is 0.932 bits per heavy atom. The van der Waals surface area contributed by atoms with Gasteiger partial charge in [0, 0.05) is 44.8 Å². The van der Waals surface area contributed by atoms with Gasteiger partial charge in [0.2, 0.25) is 5.96 Å². The standard InChI is InChI=1S/C30H40F6N8/c1-3-42(18-21-9-5-6-10-21)27-23(15-26(17-39-27)43-11-7-4-8-12-43)20-44(28(37)40-41-38-2)19-22-13-24(29(31,32)33)16-25(14-22)30(34,35)36/h13-17,21H,3-12,18-20H2,1-2H3,(H2,37,38,40). The van der Waals surface area contributed by atoms with Crippen LogP contribution in [0.5, 0.6) is 0 Å². The second-order valence-corrected chi connectivity index (χ2v) is 11.4. The van der Waals surface area contributed by atoms with Crippen LogP contribution in [0.3, 0.4) is 0 Å². The summed E-state index contributed by atoms with van der Waals surface area (Å²) in [5.41, 5.74) is 4.88. The van der Waals surface area contributed by atoms with Crippen molar-refractivity contribution >= 4 is 17.5 Å². The average Bonchev–Trinajstić information content (AvgIpc) is 3.51. The third-order valence-corrected chi connectivity index (χ3v) is 8.23. The Morgan fingerprint density at radius 3 is 2.14 bits per heavy atom. The van der Waals surface area contributed by atoms with Crippen LogP contribution in [0.15, 0.2) is 45.9 Å². The molecule has 2 aliphatic rings. The number of benzene rings is 1. The molecule has 0 atom stereocenters. The van der Waals surface area contributed by atoms with Crippen molar-refractivity contribution in [1.82, 2.24) is 9.88 Å². The van der Waals surface area contributed by atoms with Crippen LogP contribution in [0.4, 0.5) is 37.8 Å². The zero-order chi connectivity index (χ0) is 31.9. The molecule has 0 radical (unpaired) electrons. The number of aromatic nitrogens is 1. The van der Waals surface area contributed by atoms with E-state index in [9.17, 15) is 26.3 Å². The van der Waals surface area contributed by atoms with Gasteiger partial charge in [0.1, 0.15) is 5.82 Å². The van der Waals surface area contributed by atoms with E-state index in [1.165, 1.54) is 24.8 Å². The maximum atomic E-state index is 13.6. The Hall–Kier alpha value is -3.58. The Morgan fingerprint density at radius 2 is 1.57 bits per heavy atom. The number of pyridine rings is 1. The molecule has 0 spiro atoms. The van der Waals surface area contributed by atoms with Crippen LogP contribution in [0.25, 0.3) is 0 Å². The predicted octanol–water partition coefficient (Wildman–Crippen LogP) is 7.44. The highest BCUT2D eigenvalue weighted by Gasteiger charge is 2.37. The average molecular weight is 627 g/mol. The highest BCUT2D eigenvalue weighted by atomic mass is 19.4. The van der Waals surface area contributed by atoms with Crippen molar-refractivity contribution in [3.05, 3.63) is 52.7 Å². The van der Waals surface area contributed by atoms with E-state index in [0.717, 1.165) is 63.0 Å². The molecule has 4 rings (SSSR count). The van der Waals surface area contributed by atoms with Crippen molar-refractivity contribution in [2.24, 2.45) is 27.1 Å². The Balaban J connectivity index is 1.76. The number of guanidine groups is 1.